The van der Waals surface area contributed by atoms with E-state index in [2.05, 4.69) is 17.5 Å². The second-order valence-corrected chi connectivity index (χ2v) is 6.20. The highest BCUT2D eigenvalue weighted by molar-refractivity contribution is 7.17. The monoisotopic (exact) mass is 262 g/mol. The van der Waals surface area contributed by atoms with Gasteiger partial charge >= 0.3 is 0 Å². The van der Waals surface area contributed by atoms with Gasteiger partial charge in [-0.25, -0.2) is 0 Å². The summed E-state index contributed by atoms with van der Waals surface area (Å²) in [5.41, 5.74) is 0.298. The molecule has 1 atom stereocenters. The highest BCUT2D eigenvalue weighted by atomic mass is 32.1. The van der Waals surface area contributed by atoms with Crippen molar-refractivity contribution >= 4 is 21.4 Å². The lowest BCUT2D eigenvalue weighted by Crippen LogP contribution is -2.40. The third-order valence-corrected chi connectivity index (χ3v) is 5.08. The molecule has 0 saturated heterocycles. The fourth-order valence-electron chi connectivity index (χ4n) is 2.91. The fraction of sp³-hybridized carbons (Fsp3) is 0.467. The van der Waals surface area contributed by atoms with Crippen LogP contribution in [0.15, 0.2) is 29.6 Å². The maximum absolute atomic E-state index is 10.4. The van der Waals surface area contributed by atoms with Gasteiger partial charge in [0, 0.05) is 11.1 Å². The molecule has 18 heavy (non-hydrogen) atoms. The van der Waals surface area contributed by atoms with E-state index >= 15 is 0 Å². The Morgan fingerprint density at radius 2 is 1.94 bits per heavy atom. The number of thiophene rings is 1. The fourth-order valence-corrected chi connectivity index (χ4v) is 3.89. The predicted octanol–water partition coefficient (Wildman–Crippen LogP) is 3.11. The zero-order valence-corrected chi connectivity index (χ0v) is 11.1. The van der Waals surface area contributed by atoms with E-state index in [0.717, 1.165) is 31.2 Å². The van der Waals surface area contributed by atoms with Crippen LogP contribution in [-0.4, -0.2) is 21.9 Å². The summed E-state index contributed by atoms with van der Waals surface area (Å²) in [5.74, 6) is 0. The summed E-state index contributed by atoms with van der Waals surface area (Å²) >= 11 is 1.70. The van der Waals surface area contributed by atoms with Crippen molar-refractivity contribution in [3.8, 4) is 0 Å². The molecule has 1 aromatic heterocycles. The summed E-state index contributed by atoms with van der Waals surface area (Å²) in [6, 6.07) is 8.24. The molecule has 0 spiro atoms. The lowest BCUT2D eigenvalue weighted by molar-refractivity contribution is -0.0687. The molecule has 3 rings (SSSR count). The zero-order valence-electron chi connectivity index (χ0n) is 10.3. The normalized spacial score (nSPS) is 20.3. The molecule has 2 aromatic rings. The molecule has 1 saturated carbocycles. The highest BCUT2D eigenvalue weighted by Gasteiger charge is 2.38. The van der Waals surface area contributed by atoms with Gasteiger partial charge in [0.1, 0.15) is 0 Å². The SMILES string of the molecule is OC(Cc1csc2ccccc12)C1(O)CCCC1. The Hall–Kier alpha value is -0.900. The average Bonchev–Trinajstić information content (AvgIpc) is 2.98. The summed E-state index contributed by atoms with van der Waals surface area (Å²) in [6.45, 7) is 0. The van der Waals surface area contributed by atoms with Crippen LogP contribution in [0.3, 0.4) is 0 Å². The van der Waals surface area contributed by atoms with Gasteiger partial charge in [-0.3, -0.25) is 0 Å². The van der Waals surface area contributed by atoms with Crippen molar-refractivity contribution in [1.29, 1.82) is 0 Å². The van der Waals surface area contributed by atoms with Crippen LogP contribution in [0.2, 0.25) is 0 Å². The molecule has 96 valence electrons. The first-order valence-corrected chi connectivity index (χ1v) is 7.42. The molecule has 2 N–H and O–H groups in total. The minimum Gasteiger partial charge on any atom is -0.390 e. The van der Waals surface area contributed by atoms with Crippen molar-refractivity contribution in [3.63, 3.8) is 0 Å². The van der Waals surface area contributed by atoms with E-state index in [1.165, 1.54) is 10.1 Å². The van der Waals surface area contributed by atoms with Crippen LogP contribution in [0, 0.1) is 0 Å². The minimum absolute atomic E-state index is 0.556. The number of aliphatic hydroxyl groups excluding tert-OH is 1. The summed E-state index contributed by atoms with van der Waals surface area (Å²) < 4.78 is 1.25. The van der Waals surface area contributed by atoms with Crippen molar-refractivity contribution in [2.24, 2.45) is 0 Å². The largest absolute Gasteiger partial charge is 0.390 e. The van der Waals surface area contributed by atoms with E-state index < -0.39 is 11.7 Å². The first kappa shape index (κ1) is 12.2. The molecule has 1 fully saturated rings. The van der Waals surface area contributed by atoms with Crippen LogP contribution in [-0.2, 0) is 6.42 Å². The summed E-state index contributed by atoms with van der Waals surface area (Å²) in [6.07, 6.45) is 3.43. The third-order valence-electron chi connectivity index (χ3n) is 4.06. The molecule has 1 aliphatic carbocycles. The van der Waals surface area contributed by atoms with Gasteiger partial charge in [0.05, 0.1) is 11.7 Å². The minimum atomic E-state index is -0.858. The first-order chi connectivity index (χ1) is 8.69. The van der Waals surface area contributed by atoms with Crippen LogP contribution in [0.25, 0.3) is 10.1 Å². The maximum atomic E-state index is 10.4. The topological polar surface area (TPSA) is 40.5 Å². The third kappa shape index (κ3) is 2.07. The molecule has 3 heteroatoms. The van der Waals surface area contributed by atoms with Crippen LogP contribution < -0.4 is 0 Å². The highest BCUT2D eigenvalue weighted by Crippen LogP contribution is 2.35. The molecule has 1 aliphatic rings. The average molecular weight is 262 g/mol. The van der Waals surface area contributed by atoms with Crippen LogP contribution in [0.5, 0.6) is 0 Å². The number of hydrogen-bond donors (Lipinski definition) is 2. The molecule has 0 bridgehead atoms. The zero-order chi connectivity index (χ0) is 12.6. The van der Waals surface area contributed by atoms with Gasteiger partial charge in [-0.2, -0.15) is 0 Å². The lowest BCUT2D eigenvalue weighted by atomic mass is 9.90. The molecule has 1 aromatic carbocycles. The van der Waals surface area contributed by atoms with Gasteiger partial charge in [-0.1, -0.05) is 31.0 Å². The second kappa shape index (κ2) is 4.65. The maximum Gasteiger partial charge on any atom is 0.0908 e. The molecule has 0 amide bonds. The molecule has 0 aliphatic heterocycles. The number of aliphatic hydroxyl groups is 2. The van der Waals surface area contributed by atoms with Crippen molar-refractivity contribution < 1.29 is 10.2 Å². The summed E-state index contributed by atoms with van der Waals surface area (Å²) in [7, 11) is 0. The van der Waals surface area contributed by atoms with Gasteiger partial charge < -0.3 is 10.2 Å². The summed E-state index contributed by atoms with van der Waals surface area (Å²) in [4.78, 5) is 0. The van der Waals surface area contributed by atoms with Crippen LogP contribution in [0.4, 0.5) is 0 Å². The Morgan fingerprint density at radius 1 is 1.22 bits per heavy atom. The van der Waals surface area contributed by atoms with E-state index in [1.807, 2.05) is 12.1 Å². The van der Waals surface area contributed by atoms with Crippen LogP contribution in [0.1, 0.15) is 31.2 Å². The smallest absolute Gasteiger partial charge is 0.0908 e. The molecular weight excluding hydrogens is 244 g/mol. The Bertz CT molecular complexity index is 540. The summed E-state index contributed by atoms with van der Waals surface area (Å²) in [5, 5.41) is 24.0. The van der Waals surface area contributed by atoms with Crippen molar-refractivity contribution in [3.05, 3.63) is 35.2 Å². The van der Waals surface area contributed by atoms with E-state index in [1.54, 1.807) is 11.3 Å². The predicted molar refractivity (Wildman–Crippen MR) is 75.0 cm³/mol. The molecule has 1 unspecified atom stereocenters. The second-order valence-electron chi connectivity index (χ2n) is 5.29. The lowest BCUT2D eigenvalue weighted by Gasteiger charge is -2.28. The van der Waals surface area contributed by atoms with E-state index in [4.69, 9.17) is 0 Å². The number of fused-ring (bicyclic) bond motifs is 1. The van der Waals surface area contributed by atoms with E-state index in [-0.39, 0.29) is 0 Å². The molecular formula is C15H18O2S. The molecule has 2 nitrogen and oxygen atoms in total. The van der Waals surface area contributed by atoms with Crippen molar-refractivity contribution in [2.75, 3.05) is 0 Å². The van der Waals surface area contributed by atoms with Gasteiger partial charge in [-0.05, 0) is 35.2 Å². The Morgan fingerprint density at radius 3 is 2.72 bits per heavy atom. The van der Waals surface area contributed by atoms with E-state index in [9.17, 15) is 10.2 Å². The quantitative estimate of drug-likeness (QED) is 0.892. The Labute approximate surface area is 111 Å². The van der Waals surface area contributed by atoms with Crippen LogP contribution >= 0.6 is 11.3 Å². The standard InChI is InChI=1S/C15H18O2S/c16-14(15(17)7-3-4-8-15)9-11-10-18-13-6-2-1-5-12(11)13/h1-2,5-6,10,14,16-17H,3-4,7-9H2. The number of hydrogen-bond acceptors (Lipinski definition) is 3. The Kier molecular flexibility index (Phi) is 3.14. The number of benzene rings is 1. The molecule has 1 heterocycles. The van der Waals surface area contributed by atoms with Gasteiger partial charge in [0.25, 0.3) is 0 Å². The number of rotatable bonds is 3. The van der Waals surface area contributed by atoms with Crippen molar-refractivity contribution in [2.45, 2.75) is 43.8 Å². The van der Waals surface area contributed by atoms with Gasteiger partial charge in [0.15, 0.2) is 0 Å². The first-order valence-electron chi connectivity index (χ1n) is 6.55. The van der Waals surface area contributed by atoms with Crippen molar-refractivity contribution in [1.82, 2.24) is 0 Å². The molecule has 0 radical (unpaired) electrons. The van der Waals surface area contributed by atoms with E-state index in [0.29, 0.717) is 6.42 Å². The Balaban J connectivity index is 1.84. The van der Waals surface area contributed by atoms with Gasteiger partial charge in [-0.15, -0.1) is 11.3 Å². The van der Waals surface area contributed by atoms with Gasteiger partial charge in [0.2, 0.25) is 0 Å².